The highest BCUT2D eigenvalue weighted by molar-refractivity contribution is 6.29. The number of methoxy groups -OCH3 is 1. The minimum atomic E-state index is -0.266. The topological polar surface area (TPSA) is 63.2 Å². The molecule has 6 heteroatoms. The zero-order valence-electron chi connectivity index (χ0n) is 11.7. The van der Waals surface area contributed by atoms with E-state index in [9.17, 15) is 4.79 Å². The summed E-state index contributed by atoms with van der Waals surface area (Å²) in [6, 6.07) is 2.05. The fourth-order valence-corrected chi connectivity index (χ4v) is 2.26. The van der Waals surface area contributed by atoms with Crippen LogP contribution >= 0.6 is 11.6 Å². The highest BCUT2D eigenvalue weighted by atomic mass is 35.5. The number of nitrogens with zero attached hydrogens (tertiary/aromatic N) is 1. The minimum Gasteiger partial charge on any atom is -0.469 e. The number of ether oxygens (including phenoxy) is 1. The van der Waals surface area contributed by atoms with Crippen molar-refractivity contribution in [2.24, 2.45) is 5.92 Å². The van der Waals surface area contributed by atoms with E-state index in [-0.39, 0.29) is 17.9 Å². The van der Waals surface area contributed by atoms with E-state index in [2.05, 4.69) is 15.6 Å². The average Bonchev–Trinajstić information content (AvgIpc) is 2.86. The van der Waals surface area contributed by atoms with E-state index in [1.165, 1.54) is 7.11 Å². The van der Waals surface area contributed by atoms with Gasteiger partial charge in [-0.15, -0.1) is 0 Å². The SMILES string of the molecule is COC(=O)C1C=C(c2cnc(Cl)cc2NC(C)C)NC1. The van der Waals surface area contributed by atoms with Crippen molar-refractivity contribution < 1.29 is 9.53 Å². The number of nitrogens with one attached hydrogen (secondary N) is 2. The van der Waals surface area contributed by atoms with E-state index in [0.717, 1.165) is 16.9 Å². The molecular formula is C14H18ClN3O2. The molecule has 0 fully saturated rings. The van der Waals surface area contributed by atoms with Crippen molar-refractivity contribution in [1.82, 2.24) is 10.3 Å². The van der Waals surface area contributed by atoms with Crippen LogP contribution in [0.2, 0.25) is 5.15 Å². The number of carbonyl (C=O) groups excluding carboxylic acids is 1. The van der Waals surface area contributed by atoms with Crippen molar-refractivity contribution in [2.45, 2.75) is 19.9 Å². The Morgan fingerprint density at radius 3 is 3.00 bits per heavy atom. The molecule has 1 aromatic rings. The smallest absolute Gasteiger partial charge is 0.314 e. The Morgan fingerprint density at radius 1 is 1.60 bits per heavy atom. The number of pyridine rings is 1. The Hall–Kier alpha value is -1.75. The first-order chi connectivity index (χ1) is 9.51. The molecule has 0 radical (unpaired) electrons. The van der Waals surface area contributed by atoms with Gasteiger partial charge in [0.1, 0.15) is 5.15 Å². The van der Waals surface area contributed by atoms with Crippen LogP contribution in [0.1, 0.15) is 19.4 Å². The number of anilines is 1. The summed E-state index contributed by atoms with van der Waals surface area (Å²) in [6.45, 7) is 4.63. The molecule has 2 heterocycles. The molecule has 0 aliphatic carbocycles. The lowest BCUT2D eigenvalue weighted by atomic mass is 10.1. The molecule has 1 aliphatic heterocycles. The summed E-state index contributed by atoms with van der Waals surface area (Å²) in [6.07, 6.45) is 3.56. The normalized spacial score (nSPS) is 17.6. The van der Waals surface area contributed by atoms with Crippen molar-refractivity contribution in [3.63, 3.8) is 0 Å². The molecule has 0 aromatic carbocycles. The zero-order valence-corrected chi connectivity index (χ0v) is 12.5. The third-order valence-electron chi connectivity index (χ3n) is 2.99. The van der Waals surface area contributed by atoms with Gasteiger partial charge in [0.2, 0.25) is 0 Å². The van der Waals surface area contributed by atoms with E-state index in [0.29, 0.717) is 11.7 Å². The summed E-state index contributed by atoms with van der Waals surface area (Å²) in [4.78, 5) is 15.7. The van der Waals surface area contributed by atoms with Gasteiger partial charge in [0, 0.05) is 35.7 Å². The van der Waals surface area contributed by atoms with E-state index >= 15 is 0 Å². The third-order valence-corrected chi connectivity index (χ3v) is 3.20. The lowest BCUT2D eigenvalue weighted by Gasteiger charge is -2.15. The van der Waals surface area contributed by atoms with Crippen LogP contribution in [0.25, 0.3) is 5.70 Å². The Balaban J connectivity index is 2.31. The Bertz CT molecular complexity index is 543. The van der Waals surface area contributed by atoms with Crippen LogP contribution in [-0.4, -0.2) is 30.6 Å². The van der Waals surface area contributed by atoms with Gasteiger partial charge in [-0.1, -0.05) is 11.6 Å². The van der Waals surface area contributed by atoms with Gasteiger partial charge in [-0.05, 0) is 26.0 Å². The predicted octanol–water partition coefficient (Wildman–Crippen LogP) is 2.29. The molecule has 108 valence electrons. The maximum atomic E-state index is 11.5. The highest BCUT2D eigenvalue weighted by Gasteiger charge is 2.25. The van der Waals surface area contributed by atoms with E-state index in [1.807, 2.05) is 19.9 Å². The van der Waals surface area contributed by atoms with Gasteiger partial charge in [0.25, 0.3) is 0 Å². The predicted molar refractivity (Wildman–Crippen MR) is 79.5 cm³/mol. The number of hydrogen-bond acceptors (Lipinski definition) is 5. The van der Waals surface area contributed by atoms with Crippen LogP contribution in [-0.2, 0) is 9.53 Å². The quantitative estimate of drug-likeness (QED) is 0.659. The first-order valence-electron chi connectivity index (χ1n) is 6.47. The number of esters is 1. The van der Waals surface area contributed by atoms with Crippen molar-refractivity contribution >= 4 is 29.0 Å². The summed E-state index contributed by atoms with van der Waals surface area (Å²) >= 11 is 5.94. The van der Waals surface area contributed by atoms with Gasteiger partial charge in [-0.3, -0.25) is 4.79 Å². The fraction of sp³-hybridized carbons (Fsp3) is 0.429. The van der Waals surface area contributed by atoms with Crippen LogP contribution in [0.15, 0.2) is 18.3 Å². The van der Waals surface area contributed by atoms with Gasteiger partial charge < -0.3 is 15.4 Å². The second kappa shape index (κ2) is 6.13. The molecule has 0 spiro atoms. The van der Waals surface area contributed by atoms with Gasteiger partial charge >= 0.3 is 5.97 Å². The van der Waals surface area contributed by atoms with Crippen LogP contribution in [0, 0.1) is 5.92 Å². The lowest BCUT2D eigenvalue weighted by Crippen LogP contribution is -2.20. The number of hydrogen-bond donors (Lipinski definition) is 2. The van der Waals surface area contributed by atoms with Crippen molar-refractivity contribution in [2.75, 3.05) is 19.0 Å². The average molecular weight is 296 g/mol. The molecule has 0 saturated carbocycles. The molecule has 1 unspecified atom stereocenters. The van der Waals surface area contributed by atoms with Gasteiger partial charge in [-0.2, -0.15) is 0 Å². The molecule has 1 atom stereocenters. The molecule has 0 amide bonds. The van der Waals surface area contributed by atoms with E-state index in [4.69, 9.17) is 16.3 Å². The molecule has 1 aliphatic rings. The van der Waals surface area contributed by atoms with Gasteiger partial charge in [0.05, 0.1) is 13.0 Å². The first kappa shape index (κ1) is 14.7. The van der Waals surface area contributed by atoms with Crippen LogP contribution < -0.4 is 10.6 Å². The van der Waals surface area contributed by atoms with E-state index in [1.54, 1.807) is 12.3 Å². The molecule has 2 N–H and O–H groups in total. The maximum Gasteiger partial charge on any atom is 0.314 e. The standard InChI is InChI=1S/C14H18ClN3O2/c1-8(2)18-12-5-13(15)17-7-10(12)11-4-9(6-16-11)14(19)20-3/h4-5,7-9,16H,6H2,1-3H3,(H,17,18). The fourth-order valence-electron chi connectivity index (χ4n) is 2.10. The number of aromatic nitrogens is 1. The molecular weight excluding hydrogens is 278 g/mol. The Kier molecular flexibility index (Phi) is 4.49. The van der Waals surface area contributed by atoms with Crippen molar-refractivity contribution in [3.8, 4) is 0 Å². The van der Waals surface area contributed by atoms with Crippen molar-refractivity contribution in [1.29, 1.82) is 0 Å². The summed E-state index contributed by atoms with van der Waals surface area (Å²) in [5.74, 6) is -0.509. The molecule has 5 nitrogen and oxygen atoms in total. The molecule has 0 bridgehead atoms. The number of carbonyl (C=O) groups is 1. The van der Waals surface area contributed by atoms with Crippen molar-refractivity contribution in [3.05, 3.63) is 29.1 Å². The van der Waals surface area contributed by atoms with Crippen LogP contribution in [0.5, 0.6) is 0 Å². The maximum absolute atomic E-state index is 11.5. The number of rotatable bonds is 4. The summed E-state index contributed by atoms with van der Waals surface area (Å²) in [7, 11) is 1.39. The third kappa shape index (κ3) is 3.22. The molecule has 2 rings (SSSR count). The molecule has 20 heavy (non-hydrogen) atoms. The lowest BCUT2D eigenvalue weighted by molar-refractivity contribution is -0.143. The Morgan fingerprint density at radius 2 is 2.35 bits per heavy atom. The van der Waals surface area contributed by atoms with Crippen LogP contribution in [0.4, 0.5) is 5.69 Å². The minimum absolute atomic E-state index is 0.243. The summed E-state index contributed by atoms with van der Waals surface area (Å²) < 4.78 is 4.76. The largest absolute Gasteiger partial charge is 0.469 e. The summed E-state index contributed by atoms with van der Waals surface area (Å²) in [5.41, 5.74) is 2.66. The first-order valence-corrected chi connectivity index (χ1v) is 6.85. The highest BCUT2D eigenvalue weighted by Crippen LogP contribution is 2.28. The molecule has 1 aromatic heterocycles. The zero-order chi connectivity index (χ0) is 14.7. The Labute approximate surface area is 123 Å². The second-order valence-corrected chi connectivity index (χ2v) is 5.33. The monoisotopic (exact) mass is 295 g/mol. The molecule has 0 saturated heterocycles. The number of halogens is 1. The van der Waals surface area contributed by atoms with Gasteiger partial charge in [-0.25, -0.2) is 4.98 Å². The second-order valence-electron chi connectivity index (χ2n) is 4.94. The van der Waals surface area contributed by atoms with Crippen LogP contribution in [0.3, 0.4) is 0 Å². The van der Waals surface area contributed by atoms with Gasteiger partial charge in [0.15, 0.2) is 0 Å². The summed E-state index contributed by atoms with van der Waals surface area (Å²) in [5, 5.41) is 6.97. The van der Waals surface area contributed by atoms with E-state index < -0.39 is 0 Å².